The van der Waals surface area contributed by atoms with E-state index in [1.54, 1.807) is 0 Å². The maximum Gasteiger partial charge on any atom is 0.258 e. The first kappa shape index (κ1) is 15.7. The first-order valence-electron chi connectivity index (χ1n) is 9.84. The average molecular weight is 347 g/mol. The van der Waals surface area contributed by atoms with Crippen molar-refractivity contribution >= 4 is 17.3 Å². The average Bonchev–Trinajstić information content (AvgIpc) is 3.54. The number of nitrogens with one attached hydrogen (secondary N) is 1. The van der Waals surface area contributed by atoms with Gasteiger partial charge in [-0.1, -0.05) is 24.3 Å². The Bertz CT molecular complexity index is 806. The summed E-state index contributed by atoms with van der Waals surface area (Å²) in [7, 11) is 0. The second-order valence-electron chi connectivity index (χ2n) is 7.68. The number of carbonyl (C=O) groups is 1. The monoisotopic (exact) mass is 347 g/mol. The topological polar surface area (TPSA) is 35.6 Å². The van der Waals surface area contributed by atoms with Crippen molar-refractivity contribution in [2.75, 3.05) is 23.3 Å². The van der Waals surface area contributed by atoms with Gasteiger partial charge in [0.15, 0.2) is 0 Å². The Morgan fingerprint density at radius 2 is 1.62 bits per heavy atom. The zero-order valence-corrected chi connectivity index (χ0v) is 15.0. The molecule has 26 heavy (non-hydrogen) atoms. The van der Waals surface area contributed by atoms with Gasteiger partial charge in [0.05, 0.1) is 5.56 Å². The molecule has 2 heterocycles. The van der Waals surface area contributed by atoms with Crippen LogP contribution in [0.2, 0.25) is 0 Å². The molecule has 1 amide bonds. The standard InChI is InChI=1S/C22H25N3O/c26-22-19-6-2-3-7-20(19)23-21(25(22)18-12-13-18)16-8-10-17(11-9-16)24-14-4-1-5-15-24/h2-3,6-11,18,21,23H,1,4-5,12-15H2/t21-/m1/s1. The molecule has 1 aliphatic carbocycles. The van der Waals surface area contributed by atoms with Crippen molar-refractivity contribution in [3.63, 3.8) is 0 Å². The molecule has 2 fully saturated rings. The first-order valence-corrected chi connectivity index (χ1v) is 9.84. The molecule has 2 aromatic rings. The van der Waals surface area contributed by atoms with Crippen LogP contribution in [0.1, 0.15) is 54.2 Å². The molecular formula is C22H25N3O. The predicted molar refractivity (Wildman–Crippen MR) is 105 cm³/mol. The highest BCUT2D eigenvalue weighted by Crippen LogP contribution is 2.41. The number of amides is 1. The first-order chi connectivity index (χ1) is 12.8. The molecule has 0 spiro atoms. The van der Waals surface area contributed by atoms with E-state index >= 15 is 0 Å². The van der Waals surface area contributed by atoms with Crippen molar-refractivity contribution < 1.29 is 4.79 Å². The van der Waals surface area contributed by atoms with Gasteiger partial charge in [0.25, 0.3) is 5.91 Å². The molecule has 3 aliphatic rings. The fourth-order valence-electron chi connectivity index (χ4n) is 4.26. The number of hydrogen-bond donors (Lipinski definition) is 1. The van der Waals surface area contributed by atoms with Crippen molar-refractivity contribution in [2.45, 2.75) is 44.3 Å². The fourth-order valence-corrected chi connectivity index (χ4v) is 4.26. The molecule has 4 heteroatoms. The summed E-state index contributed by atoms with van der Waals surface area (Å²) in [6.07, 6.45) is 6.06. The summed E-state index contributed by atoms with van der Waals surface area (Å²) in [6.45, 7) is 2.31. The Morgan fingerprint density at radius 3 is 2.35 bits per heavy atom. The van der Waals surface area contributed by atoms with Gasteiger partial charge in [0.1, 0.15) is 6.17 Å². The van der Waals surface area contributed by atoms with Crippen LogP contribution in [-0.4, -0.2) is 29.9 Å². The van der Waals surface area contributed by atoms with E-state index in [1.807, 2.05) is 24.3 Å². The zero-order chi connectivity index (χ0) is 17.5. The van der Waals surface area contributed by atoms with Gasteiger partial charge < -0.3 is 15.1 Å². The van der Waals surface area contributed by atoms with Crippen LogP contribution in [0.5, 0.6) is 0 Å². The van der Waals surface area contributed by atoms with Crippen LogP contribution in [-0.2, 0) is 0 Å². The van der Waals surface area contributed by atoms with Gasteiger partial charge >= 0.3 is 0 Å². The number of fused-ring (bicyclic) bond motifs is 1. The van der Waals surface area contributed by atoms with E-state index < -0.39 is 0 Å². The third-order valence-corrected chi connectivity index (χ3v) is 5.83. The lowest BCUT2D eigenvalue weighted by Crippen LogP contribution is -2.44. The van der Waals surface area contributed by atoms with E-state index in [0.29, 0.717) is 6.04 Å². The molecule has 5 rings (SSSR count). The normalized spacial score (nSPS) is 22.8. The molecule has 0 bridgehead atoms. The Hall–Kier alpha value is -2.49. The van der Waals surface area contributed by atoms with E-state index in [0.717, 1.165) is 37.2 Å². The van der Waals surface area contributed by atoms with Crippen molar-refractivity contribution in [2.24, 2.45) is 0 Å². The van der Waals surface area contributed by atoms with Crippen LogP contribution >= 0.6 is 0 Å². The molecule has 4 nitrogen and oxygen atoms in total. The minimum atomic E-state index is -0.0692. The van der Waals surface area contributed by atoms with Gasteiger partial charge in [0, 0.05) is 30.5 Å². The number of benzene rings is 2. The maximum atomic E-state index is 13.1. The van der Waals surface area contributed by atoms with Crippen LogP contribution in [0, 0.1) is 0 Å². The molecule has 0 aromatic heterocycles. The molecule has 1 saturated carbocycles. The largest absolute Gasteiger partial charge is 0.372 e. The van der Waals surface area contributed by atoms with E-state index in [4.69, 9.17) is 0 Å². The second kappa shape index (κ2) is 6.35. The lowest BCUT2D eigenvalue weighted by molar-refractivity contribution is 0.0666. The molecular weight excluding hydrogens is 322 g/mol. The van der Waals surface area contributed by atoms with Crippen LogP contribution in [0.4, 0.5) is 11.4 Å². The fraction of sp³-hybridized carbons (Fsp3) is 0.409. The van der Waals surface area contributed by atoms with Crippen molar-refractivity contribution in [3.8, 4) is 0 Å². The smallest absolute Gasteiger partial charge is 0.258 e. The summed E-state index contributed by atoms with van der Waals surface area (Å²) >= 11 is 0. The number of anilines is 2. The molecule has 0 radical (unpaired) electrons. The van der Waals surface area contributed by atoms with Gasteiger partial charge in [-0.15, -0.1) is 0 Å². The number of hydrogen-bond acceptors (Lipinski definition) is 3. The van der Waals surface area contributed by atoms with E-state index in [2.05, 4.69) is 39.4 Å². The third kappa shape index (κ3) is 2.74. The van der Waals surface area contributed by atoms with Crippen molar-refractivity contribution in [1.29, 1.82) is 0 Å². The lowest BCUT2D eigenvalue weighted by Gasteiger charge is -2.38. The number of para-hydroxylation sites is 1. The van der Waals surface area contributed by atoms with Gasteiger partial charge in [0.2, 0.25) is 0 Å². The van der Waals surface area contributed by atoms with Gasteiger partial charge in [-0.25, -0.2) is 0 Å². The third-order valence-electron chi connectivity index (χ3n) is 5.83. The summed E-state index contributed by atoms with van der Waals surface area (Å²) in [5, 5.41) is 3.61. The van der Waals surface area contributed by atoms with E-state index in [-0.39, 0.29) is 12.1 Å². The Morgan fingerprint density at radius 1 is 0.885 bits per heavy atom. The lowest BCUT2D eigenvalue weighted by atomic mass is 10.0. The van der Waals surface area contributed by atoms with E-state index in [9.17, 15) is 4.79 Å². The summed E-state index contributed by atoms with van der Waals surface area (Å²) in [4.78, 5) is 17.6. The van der Waals surface area contributed by atoms with E-state index in [1.165, 1.54) is 30.5 Å². The zero-order valence-electron chi connectivity index (χ0n) is 15.0. The van der Waals surface area contributed by atoms with Crippen LogP contribution < -0.4 is 10.2 Å². The highest BCUT2D eigenvalue weighted by atomic mass is 16.2. The summed E-state index contributed by atoms with van der Waals surface area (Å²) in [6, 6.07) is 17.1. The number of piperidine rings is 1. The summed E-state index contributed by atoms with van der Waals surface area (Å²) in [5.74, 6) is 0.159. The highest BCUT2D eigenvalue weighted by molar-refractivity contribution is 6.02. The number of nitrogens with zero attached hydrogens (tertiary/aromatic N) is 2. The van der Waals surface area contributed by atoms with Crippen molar-refractivity contribution in [3.05, 3.63) is 59.7 Å². The van der Waals surface area contributed by atoms with Gasteiger partial charge in [-0.2, -0.15) is 0 Å². The van der Waals surface area contributed by atoms with Gasteiger partial charge in [-0.3, -0.25) is 4.79 Å². The Balaban J connectivity index is 1.45. The quantitative estimate of drug-likeness (QED) is 0.893. The highest BCUT2D eigenvalue weighted by Gasteiger charge is 2.41. The Labute approximate surface area is 154 Å². The van der Waals surface area contributed by atoms with Crippen LogP contribution in [0.15, 0.2) is 48.5 Å². The molecule has 2 aliphatic heterocycles. The summed E-state index contributed by atoms with van der Waals surface area (Å²) < 4.78 is 0. The molecule has 134 valence electrons. The molecule has 2 aromatic carbocycles. The molecule has 1 N–H and O–H groups in total. The Kier molecular flexibility index (Phi) is 3.84. The molecule has 1 saturated heterocycles. The molecule has 0 unspecified atom stereocenters. The minimum absolute atomic E-state index is 0.0692. The van der Waals surface area contributed by atoms with Gasteiger partial charge in [-0.05, 0) is 61.9 Å². The van der Waals surface area contributed by atoms with Crippen LogP contribution in [0.25, 0.3) is 0 Å². The predicted octanol–water partition coefficient (Wildman–Crippen LogP) is 4.41. The molecule has 1 atom stereocenters. The second-order valence-corrected chi connectivity index (χ2v) is 7.68. The number of carbonyl (C=O) groups excluding carboxylic acids is 1. The summed E-state index contributed by atoms with van der Waals surface area (Å²) in [5.41, 5.74) is 4.20. The van der Waals surface area contributed by atoms with Crippen LogP contribution in [0.3, 0.4) is 0 Å². The SMILES string of the molecule is O=C1c2ccccc2N[C@@H](c2ccc(N3CCCCC3)cc2)N1C1CC1. The van der Waals surface area contributed by atoms with Crippen molar-refractivity contribution in [1.82, 2.24) is 4.90 Å². The maximum absolute atomic E-state index is 13.1. The minimum Gasteiger partial charge on any atom is -0.372 e. The number of rotatable bonds is 3.